The Morgan fingerprint density at radius 2 is 1.90 bits per heavy atom. The van der Waals surface area contributed by atoms with Crippen LogP contribution in [0, 0.1) is 0 Å². The van der Waals surface area contributed by atoms with Gasteiger partial charge >= 0.3 is 0 Å². The molecule has 0 heterocycles. The fourth-order valence-corrected chi connectivity index (χ4v) is 1.77. The lowest BCUT2D eigenvalue weighted by molar-refractivity contribution is 0.576. The molecule has 0 aliphatic heterocycles. The largest absolute Gasteiger partial charge is 0.223 e. The Labute approximate surface area is 72.0 Å². The first-order chi connectivity index (χ1) is 4.79. The third kappa shape index (κ3) is 2.71. The van der Waals surface area contributed by atoms with Crippen LogP contribution >= 0.6 is 27.7 Å². The van der Waals surface area contributed by atoms with Crippen molar-refractivity contribution in [2.75, 3.05) is 0 Å². The number of thioether (sulfide) groups is 1. The minimum absolute atomic E-state index is 0.937. The van der Waals surface area contributed by atoms with E-state index in [1.165, 1.54) is 0 Å². The van der Waals surface area contributed by atoms with Crippen LogP contribution in [0.3, 0.4) is 0 Å². The van der Waals surface area contributed by atoms with Crippen molar-refractivity contribution in [3.63, 3.8) is 0 Å². The summed E-state index contributed by atoms with van der Waals surface area (Å²) in [7, 11) is 0. The lowest BCUT2D eigenvalue weighted by atomic mass is 10.4. The Balaban J connectivity index is 2.59. The molecule has 0 aromatic heterocycles. The molecule has 0 spiro atoms. The quantitative estimate of drug-likeness (QED) is 0.544. The first-order valence-corrected chi connectivity index (χ1v) is 4.58. The molecule has 0 aliphatic carbocycles. The Hall–Kier alpha value is -0.0200. The minimum atomic E-state index is -1.00. The van der Waals surface area contributed by atoms with Gasteiger partial charge in [0.05, 0.1) is 0 Å². The molecule has 1 atom stereocenters. The first kappa shape index (κ1) is 8.08. The van der Waals surface area contributed by atoms with Gasteiger partial charge in [0, 0.05) is 4.90 Å². The smallest absolute Gasteiger partial charge is 0.204 e. The fraction of sp³-hybridized carbons (Fsp3) is 0.143. The molecule has 3 heteroatoms. The van der Waals surface area contributed by atoms with E-state index in [-0.39, 0.29) is 0 Å². The first-order valence-electron chi connectivity index (χ1n) is 2.79. The summed E-state index contributed by atoms with van der Waals surface area (Å²) < 4.78 is 11.3. The van der Waals surface area contributed by atoms with Crippen LogP contribution in [0.1, 0.15) is 0 Å². The van der Waals surface area contributed by atoms with E-state index in [1.807, 2.05) is 30.3 Å². The van der Waals surface area contributed by atoms with Crippen LogP contribution in [-0.2, 0) is 0 Å². The Morgan fingerprint density at radius 3 is 2.40 bits per heavy atom. The zero-order chi connectivity index (χ0) is 7.40. The van der Waals surface area contributed by atoms with Crippen molar-refractivity contribution in [2.24, 2.45) is 0 Å². The van der Waals surface area contributed by atoms with Gasteiger partial charge in [-0.15, -0.1) is 0 Å². The monoisotopic (exact) mass is 220 g/mol. The molecule has 0 bridgehead atoms. The van der Waals surface area contributed by atoms with Gasteiger partial charge in [-0.1, -0.05) is 30.0 Å². The second-order valence-electron chi connectivity index (χ2n) is 1.69. The average Bonchev–Trinajstić information content (AvgIpc) is 1.88. The van der Waals surface area contributed by atoms with Crippen molar-refractivity contribution in [2.45, 2.75) is 9.31 Å². The maximum Gasteiger partial charge on any atom is 0.204 e. The van der Waals surface area contributed by atoms with Crippen LogP contribution in [0.2, 0.25) is 0 Å². The molecule has 54 valence electrons. The number of rotatable bonds is 2. The molecule has 0 amide bonds. The van der Waals surface area contributed by atoms with Crippen LogP contribution in [0.25, 0.3) is 0 Å². The fourth-order valence-electron chi connectivity index (χ4n) is 0.602. The molecule has 10 heavy (non-hydrogen) atoms. The van der Waals surface area contributed by atoms with Crippen LogP contribution < -0.4 is 0 Å². The SMILES string of the molecule is FC(Br)Sc1ccccc1. The lowest BCUT2D eigenvalue weighted by Gasteiger charge is -1.97. The summed E-state index contributed by atoms with van der Waals surface area (Å²) >= 11 is 3.96. The minimum Gasteiger partial charge on any atom is -0.223 e. The second-order valence-corrected chi connectivity index (χ2v) is 4.22. The number of hydrogen-bond donors (Lipinski definition) is 0. The van der Waals surface area contributed by atoms with Gasteiger partial charge in [-0.3, -0.25) is 0 Å². The molecule has 1 aromatic carbocycles. The van der Waals surface area contributed by atoms with Gasteiger partial charge in [0.15, 0.2) is 0 Å². The van der Waals surface area contributed by atoms with Gasteiger partial charge < -0.3 is 0 Å². The number of alkyl halides is 2. The molecule has 0 aliphatic rings. The van der Waals surface area contributed by atoms with Gasteiger partial charge in [0.25, 0.3) is 0 Å². The third-order valence-electron chi connectivity index (χ3n) is 0.968. The lowest BCUT2D eigenvalue weighted by Crippen LogP contribution is -1.76. The molecule has 0 radical (unpaired) electrons. The van der Waals surface area contributed by atoms with Crippen LogP contribution in [-0.4, -0.2) is 4.41 Å². The Bertz CT molecular complexity index is 188. The van der Waals surface area contributed by atoms with Crippen molar-refractivity contribution in [1.29, 1.82) is 0 Å². The molecule has 0 N–H and O–H groups in total. The summed E-state index contributed by atoms with van der Waals surface area (Å²) in [5, 5.41) is 0. The summed E-state index contributed by atoms with van der Waals surface area (Å²) in [4.78, 5) is 0.937. The van der Waals surface area contributed by atoms with E-state index >= 15 is 0 Å². The summed E-state index contributed by atoms with van der Waals surface area (Å²) in [6.07, 6.45) is 0. The summed E-state index contributed by atoms with van der Waals surface area (Å²) in [5.74, 6) is 0. The van der Waals surface area contributed by atoms with E-state index in [0.29, 0.717) is 0 Å². The van der Waals surface area contributed by atoms with Gasteiger partial charge in [-0.2, -0.15) is 0 Å². The van der Waals surface area contributed by atoms with Gasteiger partial charge in [0.1, 0.15) is 0 Å². The predicted octanol–water partition coefficient (Wildman–Crippen LogP) is 3.43. The van der Waals surface area contributed by atoms with E-state index < -0.39 is 4.41 Å². The molecule has 0 saturated heterocycles. The maximum atomic E-state index is 12.3. The molecule has 0 fully saturated rings. The van der Waals surface area contributed by atoms with Gasteiger partial charge in [-0.25, -0.2) is 4.39 Å². The molecule has 0 saturated carbocycles. The second kappa shape index (κ2) is 3.98. The highest BCUT2D eigenvalue weighted by Crippen LogP contribution is 2.27. The van der Waals surface area contributed by atoms with E-state index in [9.17, 15) is 4.39 Å². The van der Waals surface area contributed by atoms with E-state index in [0.717, 1.165) is 16.7 Å². The molecular formula is C7H6BrFS. The van der Waals surface area contributed by atoms with Crippen LogP contribution in [0.15, 0.2) is 35.2 Å². The number of benzene rings is 1. The molecule has 1 rings (SSSR count). The van der Waals surface area contributed by atoms with Crippen LogP contribution in [0.4, 0.5) is 4.39 Å². The maximum absolute atomic E-state index is 12.3. The van der Waals surface area contributed by atoms with Gasteiger partial charge in [0.2, 0.25) is 4.41 Å². The molecule has 1 unspecified atom stereocenters. The average molecular weight is 221 g/mol. The van der Waals surface area contributed by atoms with E-state index in [1.54, 1.807) is 0 Å². The standard InChI is InChI=1S/C7H6BrFS/c8-7(9)10-6-4-2-1-3-5-6/h1-5,7H. The third-order valence-corrected chi connectivity index (χ3v) is 2.25. The van der Waals surface area contributed by atoms with Crippen molar-refractivity contribution in [3.05, 3.63) is 30.3 Å². The normalized spacial score (nSPS) is 13.0. The van der Waals surface area contributed by atoms with Crippen molar-refractivity contribution in [3.8, 4) is 0 Å². The number of halogens is 2. The van der Waals surface area contributed by atoms with Crippen molar-refractivity contribution >= 4 is 27.7 Å². The van der Waals surface area contributed by atoms with Crippen molar-refractivity contribution in [1.82, 2.24) is 0 Å². The predicted molar refractivity (Wildman–Crippen MR) is 46.1 cm³/mol. The van der Waals surface area contributed by atoms with Gasteiger partial charge in [-0.05, 0) is 28.1 Å². The topological polar surface area (TPSA) is 0 Å². The highest BCUT2D eigenvalue weighted by Gasteiger charge is 2.00. The number of hydrogen-bond acceptors (Lipinski definition) is 1. The summed E-state index contributed by atoms with van der Waals surface area (Å²) in [6.45, 7) is 0. The summed E-state index contributed by atoms with van der Waals surface area (Å²) in [5.41, 5.74) is 0. The summed E-state index contributed by atoms with van der Waals surface area (Å²) in [6, 6.07) is 9.43. The molecule has 0 nitrogen and oxygen atoms in total. The Morgan fingerprint density at radius 1 is 1.30 bits per heavy atom. The van der Waals surface area contributed by atoms with E-state index in [4.69, 9.17) is 0 Å². The van der Waals surface area contributed by atoms with Crippen molar-refractivity contribution < 1.29 is 4.39 Å². The molecule has 1 aromatic rings. The van der Waals surface area contributed by atoms with E-state index in [2.05, 4.69) is 15.9 Å². The Kier molecular flexibility index (Phi) is 3.22. The highest BCUT2D eigenvalue weighted by atomic mass is 79.9. The highest BCUT2D eigenvalue weighted by molar-refractivity contribution is 9.11. The zero-order valence-electron chi connectivity index (χ0n) is 5.13. The molecular weight excluding hydrogens is 215 g/mol. The van der Waals surface area contributed by atoms with Crippen LogP contribution in [0.5, 0.6) is 0 Å². The zero-order valence-corrected chi connectivity index (χ0v) is 7.53.